The third-order valence-electron chi connectivity index (χ3n) is 4.10. The Labute approximate surface area is 112 Å². The van der Waals surface area contributed by atoms with Crippen molar-refractivity contribution in [2.45, 2.75) is 32.2 Å². The van der Waals surface area contributed by atoms with Crippen LogP contribution >= 0.6 is 0 Å². The van der Waals surface area contributed by atoms with Gasteiger partial charge in [0.15, 0.2) is 5.78 Å². The molecule has 0 unspecified atom stereocenters. The lowest BCUT2D eigenvalue weighted by Crippen LogP contribution is -2.28. The van der Waals surface area contributed by atoms with Gasteiger partial charge in [-0.25, -0.2) is 0 Å². The quantitative estimate of drug-likeness (QED) is 0.815. The molecule has 1 saturated heterocycles. The molecule has 3 heteroatoms. The minimum Gasteiger partial charge on any atom is -0.309 e. The number of amides is 1. The van der Waals surface area contributed by atoms with Gasteiger partial charge in [0.05, 0.1) is 6.04 Å². The number of carbonyl (C=O) groups is 2. The van der Waals surface area contributed by atoms with Crippen molar-refractivity contribution < 1.29 is 9.59 Å². The summed E-state index contributed by atoms with van der Waals surface area (Å²) < 4.78 is 0. The van der Waals surface area contributed by atoms with Crippen molar-refractivity contribution in [3.05, 3.63) is 47.7 Å². The molecule has 1 aliphatic carbocycles. The molecule has 1 amide bonds. The predicted molar refractivity (Wildman–Crippen MR) is 72.1 cm³/mol. The van der Waals surface area contributed by atoms with Crippen LogP contribution in [-0.4, -0.2) is 16.6 Å². The molecule has 2 atom stereocenters. The molecule has 3 rings (SSSR count). The zero-order chi connectivity index (χ0) is 13.4. The Morgan fingerprint density at radius 2 is 1.95 bits per heavy atom. The summed E-state index contributed by atoms with van der Waals surface area (Å²) in [6.45, 7) is 2.02. The second kappa shape index (κ2) is 4.65. The van der Waals surface area contributed by atoms with Gasteiger partial charge in [-0.05, 0) is 18.9 Å². The monoisotopic (exact) mass is 255 g/mol. The van der Waals surface area contributed by atoms with E-state index in [1.54, 1.807) is 6.08 Å². The Morgan fingerprint density at radius 1 is 1.21 bits per heavy atom. The smallest absolute Gasteiger partial charge is 0.227 e. The van der Waals surface area contributed by atoms with Gasteiger partial charge in [0.1, 0.15) is 0 Å². The first-order chi connectivity index (χ1) is 9.16. The van der Waals surface area contributed by atoms with Crippen molar-refractivity contribution in [1.29, 1.82) is 0 Å². The number of allylic oxidation sites excluding steroid dienone is 2. The molecular formula is C16H17NO2. The van der Waals surface area contributed by atoms with Crippen molar-refractivity contribution in [3.63, 3.8) is 0 Å². The highest BCUT2D eigenvalue weighted by molar-refractivity contribution is 5.94. The summed E-state index contributed by atoms with van der Waals surface area (Å²) in [7, 11) is 0. The van der Waals surface area contributed by atoms with Gasteiger partial charge >= 0.3 is 0 Å². The van der Waals surface area contributed by atoms with Crippen LogP contribution in [0.2, 0.25) is 0 Å². The molecule has 1 aliphatic heterocycles. The minimum absolute atomic E-state index is 0.00384. The van der Waals surface area contributed by atoms with Crippen LogP contribution in [-0.2, 0) is 9.59 Å². The van der Waals surface area contributed by atoms with Gasteiger partial charge in [0.25, 0.3) is 0 Å². The number of hydrogen-bond acceptors (Lipinski definition) is 2. The zero-order valence-corrected chi connectivity index (χ0v) is 11.0. The van der Waals surface area contributed by atoms with Crippen molar-refractivity contribution in [3.8, 4) is 0 Å². The first-order valence-corrected chi connectivity index (χ1v) is 6.78. The number of likely N-dealkylation sites (tertiary alicyclic amines) is 1. The van der Waals surface area contributed by atoms with Crippen molar-refractivity contribution in [2.24, 2.45) is 5.92 Å². The first-order valence-electron chi connectivity index (χ1n) is 6.78. The summed E-state index contributed by atoms with van der Waals surface area (Å²) >= 11 is 0. The highest BCUT2D eigenvalue weighted by Gasteiger charge is 2.39. The van der Waals surface area contributed by atoms with Crippen LogP contribution in [0.1, 0.15) is 37.8 Å². The number of benzene rings is 1. The van der Waals surface area contributed by atoms with Crippen LogP contribution in [0.25, 0.3) is 0 Å². The fourth-order valence-electron chi connectivity index (χ4n) is 3.07. The Hall–Kier alpha value is -1.90. The Balaban J connectivity index is 1.95. The van der Waals surface area contributed by atoms with Gasteiger partial charge in [0.2, 0.25) is 5.91 Å². The molecule has 1 heterocycles. The Morgan fingerprint density at radius 3 is 2.68 bits per heavy atom. The Bertz CT molecular complexity index is 547. The topological polar surface area (TPSA) is 37.4 Å². The number of fused-ring (bicyclic) bond motifs is 1. The zero-order valence-electron chi connectivity index (χ0n) is 11.0. The van der Waals surface area contributed by atoms with Gasteiger partial charge in [-0.2, -0.15) is 0 Å². The third kappa shape index (κ3) is 2.09. The van der Waals surface area contributed by atoms with Gasteiger partial charge in [-0.15, -0.1) is 0 Å². The molecule has 1 fully saturated rings. The second-order valence-corrected chi connectivity index (χ2v) is 5.33. The average Bonchev–Trinajstić information content (AvgIpc) is 2.74. The van der Waals surface area contributed by atoms with Crippen LogP contribution in [0.15, 0.2) is 42.1 Å². The lowest BCUT2D eigenvalue weighted by molar-refractivity contribution is -0.128. The molecule has 0 saturated carbocycles. The van der Waals surface area contributed by atoms with Crippen molar-refractivity contribution in [2.75, 3.05) is 0 Å². The lowest BCUT2D eigenvalue weighted by atomic mass is 9.91. The van der Waals surface area contributed by atoms with Crippen molar-refractivity contribution >= 4 is 11.7 Å². The molecule has 1 aromatic rings. The fourth-order valence-corrected chi connectivity index (χ4v) is 3.07. The molecule has 0 aromatic heterocycles. The lowest BCUT2D eigenvalue weighted by Gasteiger charge is -2.29. The van der Waals surface area contributed by atoms with Gasteiger partial charge in [-0.3, -0.25) is 9.59 Å². The van der Waals surface area contributed by atoms with Crippen molar-refractivity contribution in [1.82, 2.24) is 4.90 Å². The van der Waals surface area contributed by atoms with Gasteiger partial charge < -0.3 is 4.90 Å². The standard InChI is InChI=1S/C16H17NO2/c1-11(12-5-3-2-4-6-12)17-15-10-14(18)8-7-13(15)9-16(17)19/h2-6,10-11,13H,7-9H2,1H3/t11-,13-/m1/s1. The SMILES string of the molecule is C[C@H](c1ccccc1)N1C(=O)C[C@H]2CCC(=O)C=C21. The van der Waals surface area contributed by atoms with E-state index in [-0.39, 0.29) is 23.7 Å². The van der Waals surface area contributed by atoms with E-state index in [9.17, 15) is 9.59 Å². The largest absolute Gasteiger partial charge is 0.309 e. The minimum atomic E-state index is -0.00384. The van der Waals surface area contributed by atoms with Gasteiger partial charge in [-0.1, -0.05) is 30.3 Å². The van der Waals surface area contributed by atoms with E-state index >= 15 is 0 Å². The number of rotatable bonds is 2. The van der Waals surface area contributed by atoms with Crippen LogP contribution in [0.3, 0.4) is 0 Å². The summed E-state index contributed by atoms with van der Waals surface area (Å²) in [6, 6.07) is 9.96. The number of nitrogens with zero attached hydrogens (tertiary/aromatic N) is 1. The molecule has 1 aromatic carbocycles. The summed E-state index contributed by atoms with van der Waals surface area (Å²) in [5.41, 5.74) is 2.04. The molecule has 19 heavy (non-hydrogen) atoms. The maximum atomic E-state index is 12.2. The maximum Gasteiger partial charge on any atom is 0.227 e. The van der Waals surface area contributed by atoms with Gasteiger partial charge in [0, 0.05) is 30.5 Å². The number of ketones is 1. The number of hydrogen-bond donors (Lipinski definition) is 0. The molecule has 0 bridgehead atoms. The molecule has 98 valence electrons. The molecular weight excluding hydrogens is 238 g/mol. The van der Waals surface area contributed by atoms with E-state index < -0.39 is 0 Å². The molecule has 2 aliphatic rings. The fraction of sp³-hybridized carbons (Fsp3) is 0.375. The average molecular weight is 255 g/mol. The normalized spacial score (nSPS) is 24.2. The highest BCUT2D eigenvalue weighted by Crippen LogP contribution is 2.40. The molecule has 3 nitrogen and oxygen atoms in total. The van der Waals surface area contributed by atoms with E-state index in [0.29, 0.717) is 12.8 Å². The molecule has 0 radical (unpaired) electrons. The van der Waals surface area contributed by atoms with E-state index in [2.05, 4.69) is 0 Å². The van der Waals surface area contributed by atoms with Crippen LogP contribution in [0, 0.1) is 5.92 Å². The first kappa shape index (κ1) is 12.2. The van der Waals surface area contributed by atoms with E-state index in [1.165, 1.54) is 0 Å². The van der Waals surface area contributed by atoms with E-state index in [1.807, 2.05) is 42.2 Å². The van der Waals surface area contributed by atoms with Crippen LogP contribution < -0.4 is 0 Å². The highest BCUT2D eigenvalue weighted by atomic mass is 16.2. The second-order valence-electron chi connectivity index (χ2n) is 5.33. The Kier molecular flexibility index (Phi) is 2.97. The molecule has 0 N–H and O–H groups in total. The van der Waals surface area contributed by atoms with E-state index in [4.69, 9.17) is 0 Å². The van der Waals surface area contributed by atoms with Crippen LogP contribution in [0.5, 0.6) is 0 Å². The van der Waals surface area contributed by atoms with E-state index in [0.717, 1.165) is 17.7 Å². The van der Waals surface area contributed by atoms with Crippen LogP contribution in [0.4, 0.5) is 0 Å². The summed E-state index contributed by atoms with van der Waals surface area (Å²) in [4.78, 5) is 25.7. The predicted octanol–water partition coefficient (Wildman–Crippen LogP) is 2.84. The summed E-state index contributed by atoms with van der Waals surface area (Å²) in [6.07, 6.45) is 3.62. The molecule has 0 spiro atoms. The number of carbonyl (C=O) groups excluding carboxylic acids is 2. The third-order valence-corrected chi connectivity index (χ3v) is 4.10. The summed E-state index contributed by atoms with van der Waals surface area (Å²) in [5, 5.41) is 0. The summed E-state index contributed by atoms with van der Waals surface area (Å²) in [5.74, 6) is 0.532. The maximum absolute atomic E-state index is 12.2.